The smallest absolute Gasteiger partial charge is 0.291 e. The molecule has 3 rings (SSSR count). The molecule has 1 N–H and O–H groups in total. The van der Waals surface area contributed by atoms with E-state index in [1.165, 1.54) is 7.11 Å². The van der Waals surface area contributed by atoms with Gasteiger partial charge >= 0.3 is 0 Å². The average Bonchev–Trinajstić information content (AvgIpc) is 2.37. The summed E-state index contributed by atoms with van der Waals surface area (Å²) in [6, 6.07) is 5.69. The molecule has 2 aromatic rings. The van der Waals surface area contributed by atoms with Crippen LogP contribution in [0.2, 0.25) is 0 Å². The monoisotopic (exact) mass is 246 g/mol. The van der Waals surface area contributed by atoms with Gasteiger partial charge in [-0.05, 0) is 12.1 Å². The average molecular weight is 246 g/mol. The third-order valence-electron chi connectivity index (χ3n) is 2.72. The maximum Gasteiger partial charge on any atom is 0.291 e. The molecule has 2 aromatic heterocycles. The number of methoxy groups -OCH3 is 1. The zero-order valence-electron chi connectivity index (χ0n) is 9.19. The fourth-order valence-electron chi connectivity index (χ4n) is 1.90. The second kappa shape index (κ2) is 3.92. The Labute approximate surface area is 102 Å². The van der Waals surface area contributed by atoms with Crippen LogP contribution in [0.3, 0.4) is 0 Å². The Morgan fingerprint density at radius 1 is 1.47 bits per heavy atom. The van der Waals surface area contributed by atoms with Gasteiger partial charge in [0.25, 0.3) is 5.56 Å². The lowest BCUT2D eigenvalue weighted by atomic mass is 10.1. The number of fused-ring (bicyclic) bond motifs is 3. The van der Waals surface area contributed by atoms with Gasteiger partial charge in [0, 0.05) is 23.1 Å². The van der Waals surface area contributed by atoms with E-state index in [0.29, 0.717) is 5.75 Å². The molecule has 1 aliphatic rings. The number of H-pyrrole nitrogens is 1. The van der Waals surface area contributed by atoms with Crippen molar-refractivity contribution in [1.82, 2.24) is 9.97 Å². The zero-order valence-corrected chi connectivity index (χ0v) is 10.0. The SMILES string of the molecule is COc1cc2c([nH]c1=O)SCc1ncccc1-2. The van der Waals surface area contributed by atoms with E-state index in [9.17, 15) is 4.79 Å². The maximum absolute atomic E-state index is 11.6. The Morgan fingerprint density at radius 3 is 3.18 bits per heavy atom. The van der Waals surface area contributed by atoms with Gasteiger partial charge in [-0.25, -0.2) is 0 Å². The van der Waals surface area contributed by atoms with E-state index in [1.807, 2.05) is 12.1 Å². The highest BCUT2D eigenvalue weighted by Gasteiger charge is 2.19. The van der Waals surface area contributed by atoms with E-state index < -0.39 is 0 Å². The van der Waals surface area contributed by atoms with Gasteiger partial charge < -0.3 is 9.72 Å². The predicted octanol–water partition coefficient (Wildman–Crippen LogP) is 2.05. The number of nitrogens with one attached hydrogen (secondary N) is 1. The normalized spacial score (nSPS) is 12.8. The Hall–Kier alpha value is -1.75. The van der Waals surface area contributed by atoms with Crippen LogP contribution in [0.25, 0.3) is 11.1 Å². The van der Waals surface area contributed by atoms with Gasteiger partial charge in [-0.2, -0.15) is 0 Å². The molecule has 1 aliphatic heterocycles. The molecule has 0 bridgehead atoms. The lowest BCUT2D eigenvalue weighted by Crippen LogP contribution is -2.12. The molecule has 0 atom stereocenters. The molecule has 0 aliphatic carbocycles. The maximum atomic E-state index is 11.6. The van der Waals surface area contributed by atoms with Crippen LogP contribution in [0.15, 0.2) is 34.2 Å². The lowest BCUT2D eigenvalue weighted by Gasteiger charge is -2.18. The molecular weight excluding hydrogens is 236 g/mol. The Morgan fingerprint density at radius 2 is 2.35 bits per heavy atom. The largest absolute Gasteiger partial charge is 0.491 e. The summed E-state index contributed by atoms with van der Waals surface area (Å²) in [5.74, 6) is 1.12. The number of hydrogen-bond acceptors (Lipinski definition) is 4. The van der Waals surface area contributed by atoms with Crippen LogP contribution >= 0.6 is 11.8 Å². The summed E-state index contributed by atoms with van der Waals surface area (Å²) in [5, 5.41) is 0.885. The van der Waals surface area contributed by atoms with Gasteiger partial charge in [0.05, 0.1) is 17.8 Å². The van der Waals surface area contributed by atoms with Crippen molar-refractivity contribution in [1.29, 1.82) is 0 Å². The van der Waals surface area contributed by atoms with E-state index in [2.05, 4.69) is 9.97 Å². The van der Waals surface area contributed by atoms with Crippen LogP contribution in [0, 0.1) is 0 Å². The number of aromatic nitrogens is 2. The fraction of sp³-hybridized carbons (Fsp3) is 0.167. The molecule has 4 nitrogen and oxygen atoms in total. The van der Waals surface area contributed by atoms with Crippen molar-refractivity contribution in [2.45, 2.75) is 10.8 Å². The molecule has 0 fully saturated rings. The molecule has 0 saturated heterocycles. The van der Waals surface area contributed by atoms with Crippen molar-refractivity contribution >= 4 is 11.8 Å². The number of aromatic amines is 1. The summed E-state index contributed by atoms with van der Waals surface area (Å²) in [6.45, 7) is 0. The van der Waals surface area contributed by atoms with Crippen LogP contribution in [0.5, 0.6) is 5.75 Å². The van der Waals surface area contributed by atoms with Crippen molar-refractivity contribution in [2.24, 2.45) is 0 Å². The molecule has 0 aromatic carbocycles. The van der Waals surface area contributed by atoms with Gasteiger partial charge in [-0.1, -0.05) is 6.07 Å². The highest BCUT2D eigenvalue weighted by molar-refractivity contribution is 7.98. The van der Waals surface area contributed by atoms with Crippen LogP contribution in [0.1, 0.15) is 5.69 Å². The highest BCUT2D eigenvalue weighted by Crippen LogP contribution is 2.39. The molecular formula is C12H10N2O2S. The molecule has 0 amide bonds. The van der Waals surface area contributed by atoms with Crippen LogP contribution in [0.4, 0.5) is 0 Å². The first-order chi connectivity index (χ1) is 8.29. The number of hydrogen-bond donors (Lipinski definition) is 1. The Balaban J connectivity index is 2.28. The summed E-state index contributed by atoms with van der Waals surface area (Å²) in [7, 11) is 1.50. The molecule has 0 saturated carbocycles. The van der Waals surface area contributed by atoms with Crippen molar-refractivity contribution in [3.8, 4) is 16.9 Å². The fourth-order valence-corrected chi connectivity index (χ4v) is 2.90. The number of pyridine rings is 2. The van der Waals surface area contributed by atoms with Crippen LogP contribution in [-0.4, -0.2) is 17.1 Å². The van der Waals surface area contributed by atoms with Crippen molar-refractivity contribution in [3.63, 3.8) is 0 Å². The molecule has 17 heavy (non-hydrogen) atoms. The number of thioether (sulfide) groups is 1. The van der Waals surface area contributed by atoms with Crippen molar-refractivity contribution in [3.05, 3.63) is 40.4 Å². The minimum Gasteiger partial charge on any atom is -0.491 e. The van der Waals surface area contributed by atoms with E-state index in [-0.39, 0.29) is 5.56 Å². The molecule has 0 spiro atoms. The standard InChI is InChI=1S/C12H10N2O2S/c1-16-10-5-8-7-3-2-4-13-9(7)6-17-12(8)14-11(10)15/h2-5H,6H2,1H3,(H,14,15). The van der Waals surface area contributed by atoms with E-state index in [4.69, 9.17) is 4.74 Å². The van der Waals surface area contributed by atoms with Crippen molar-refractivity contribution < 1.29 is 4.74 Å². The molecule has 0 radical (unpaired) electrons. The summed E-state index contributed by atoms with van der Waals surface area (Å²) < 4.78 is 5.05. The predicted molar refractivity (Wildman–Crippen MR) is 66.4 cm³/mol. The Bertz CT molecular complexity index is 637. The minimum atomic E-state index is -0.189. The highest BCUT2D eigenvalue weighted by atomic mass is 32.2. The van der Waals surface area contributed by atoms with Crippen LogP contribution < -0.4 is 10.3 Å². The quantitative estimate of drug-likeness (QED) is 0.836. The number of nitrogens with zero attached hydrogens (tertiary/aromatic N) is 1. The molecule has 0 unspecified atom stereocenters. The third kappa shape index (κ3) is 1.63. The van der Waals surface area contributed by atoms with Crippen molar-refractivity contribution in [2.75, 3.05) is 7.11 Å². The van der Waals surface area contributed by atoms with E-state index in [0.717, 1.165) is 27.6 Å². The summed E-state index contributed by atoms with van der Waals surface area (Å²) in [4.78, 5) is 18.8. The second-order valence-electron chi connectivity index (χ2n) is 3.70. The Kier molecular flexibility index (Phi) is 2.40. The first-order valence-corrected chi connectivity index (χ1v) is 6.16. The summed E-state index contributed by atoms with van der Waals surface area (Å²) in [5.41, 5.74) is 2.90. The van der Waals surface area contributed by atoms with Gasteiger partial charge in [0.15, 0.2) is 5.75 Å². The van der Waals surface area contributed by atoms with E-state index in [1.54, 1.807) is 24.0 Å². The lowest BCUT2D eigenvalue weighted by molar-refractivity contribution is 0.407. The topological polar surface area (TPSA) is 55.0 Å². The number of rotatable bonds is 1. The summed E-state index contributed by atoms with van der Waals surface area (Å²) in [6.07, 6.45) is 1.79. The molecule has 3 heterocycles. The van der Waals surface area contributed by atoms with Gasteiger partial charge in [-0.15, -0.1) is 11.8 Å². The third-order valence-corrected chi connectivity index (χ3v) is 3.75. The first kappa shape index (κ1) is 10.4. The van der Waals surface area contributed by atoms with Gasteiger partial charge in [-0.3, -0.25) is 9.78 Å². The van der Waals surface area contributed by atoms with E-state index >= 15 is 0 Å². The molecule has 86 valence electrons. The molecule has 5 heteroatoms. The van der Waals surface area contributed by atoms with Gasteiger partial charge in [0.2, 0.25) is 0 Å². The zero-order chi connectivity index (χ0) is 11.8. The first-order valence-electron chi connectivity index (χ1n) is 5.18. The summed E-state index contributed by atoms with van der Waals surface area (Å²) >= 11 is 1.59. The van der Waals surface area contributed by atoms with Gasteiger partial charge in [0.1, 0.15) is 0 Å². The second-order valence-corrected chi connectivity index (χ2v) is 4.68. The number of ether oxygens (including phenoxy) is 1. The van der Waals surface area contributed by atoms with Crippen LogP contribution in [-0.2, 0) is 5.75 Å². The minimum absolute atomic E-state index is 0.189.